The minimum absolute atomic E-state index is 0.0840. The standard InChI is InChI=1S/C29H40N6OS/c1-18(2)20-10-12-35(13-11-20)22-15-31-29(32-16-22)33-25-14-23-24(17-30-25)37-27(28(36)34(4)5)26(23)21-8-6-19(3)7-9-21/h14-21H,6-13H2,1-5H3,(H,30,31,32,33)/t19-,21-. The van der Waals surface area contributed by atoms with E-state index in [-0.39, 0.29) is 5.91 Å². The van der Waals surface area contributed by atoms with E-state index in [1.807, 2.05) is 32.7 Å². The number of thiophene rings is 1. The Morgan fingerprint density at radius 1 is 1.03 bits per heavy atom. The Bertz CT molecular complexity index is 1220. The third-order valence-electron chi connectivity index (χ3n) is 8.36. The molecule has 0 unspecified atom stereocenters. The maximum absolute atomic E-state index is 13.1. The number of rotatable bonds is 6. The largest absolute Gasteiger partial charge is 0.369 e. The van der Waals surface area contributed by atoms with Crippen LogP contribution in [0.2, 0.25) is 0 Å². The molecule has 1 N–H and O–H groups in total. The molecule has 0 bridgehead atoms. The summed E-state index contributed by atoms with van der Waals surface area (Å²) in [6.07, 6.45) is 12.8. The molecule has 1 saturated carbocycles. The summed E-state index contributed by atoms with van der Waals surface area (Å²) in [4.78, 5) is 31.9. The van der Waals surface area contributed by atoms with Gasteiger partial charge in [0.15, 0.2) is 0 Å². The zero-order valence-electron chi connectivity index (χ0n) is 22.8. The quantitative estimate of drug-likeness (QED) is 0.390. The summed E-state index contributed by atoms with van der Waals surface area (Å²) in [6.45, 7) is 9.10. The number of amides is 1. The van der Waals surface area contributed by atoms with Crippen molar-refractivity contribution in [2.45, 2.75) is 65.2 Å². The lowest BCUT2D eigenvalue weighted by molar-refractivity contribution is 0.0830. The van der Waals surface area contributed by atoms with Crippen LogP contribution in [0.1, 0.15) is 80.4 Å². The molecular weight excluding hydrogens is 480 g/mol. The monoisotopic (exact) mass is 520 g/mol. The van der Waals surface area contributed by atoms with Gasteiger partial charge in [-0.05, 0) is 61.0 Å². The van der Waals surface area contributed by atoms with Gasteiger partial charge in [-0.15, -0.1) is 11.3 Å². The fourth-order valence-corrected chi connectivity index (χ4v) is 7.15. The maximum Gasteiger partial charge on any atom is 0.263 e. The molecule has 3 aromatic heterocycles. The second-order valence-corrected chi connectivity index (χ2v) is 12.6. The Labute approximate surface area is 224 Å². The molecule has 3 aromatic rings. The molecular formula is C29H40N6OS. The van der Waals surface area contributed by atoms with Crippen molar-refractivity contribution < 1.29 is 4.79 Å². The highest BCUT2D eigenvalue weighted by atomic mass is 32.1. The van der Waals surface area contributed by atoms with Crippen LogP contribution in [-0.4, -0.2) is 52.9 Å². The minimum atomic E-state index is 0.0840. The molecule has 0 radical (unpaired) electrons. The molecule has 1 saturated heterocycles. The van der Waals surface area contributed by atoms with E-state index < -0.39 is 0 Å². The van der Waals surface area contributed by atoms with Gasteiger partial charge in [0, 0.05) is 38.8 Å². The highest BCUT2D eigenvalue weighted by molar-refractivity contribution is 7.21. The third kappa shape index (κ3) is 5.59. The summed E-state index contributed by atoms with van der Waals surface area (Å²) < 4.78 is 1.06. The number of fused-ring (bicyclic) bond motifs is 1. The first-order chi connectivity index (χ1) is 17.8. The highest BCUT2D eigenvalue weighted by Crippen LogP contribution is 2.44. The molecule has 0 atom stereocenters. The summed E-state index contributed by atoms with van der Waals surface area (Å²) in [5.41, 5.74) is 2.28. The van der Waals surface area contributed by atoms with Gasteiger partial charge in [0.2, 0.25) is 5.95 Å². The van der Waals surface area contributed by atoms with Crippen molar-refractivity contribution in [3.05, 3.63) is 35.1 Å². The Balaban J connectivity index is 1.37. The first kappa shape index (κ1) is 25.9. The van der Waals surface area contributed by atoms with E-state index in [4.69, 9.17) is 0 Å². The van der Waals surface area contributed by atoms with E-state index in [9.17, 15) is 4.79 Å². The number of anilines is 3. The average Bonchev–Trinajstić information content (AvgIpc) is 3.28. The molecule has 1 aliphatic carbocycles. The summed E-state index contributed by atoms with van der Waals surface area (Å²) in [5.74, 6) is 4.07. The van der Waals surface area contributed by atoms with Gasteiger partial charge < -0.3 is 15.1 Å². The number of nitrogens with one attached hydrogen (secondary N) is 1. The van der Waals surface area contributed by atoms with Crippen LogP contribution >= 0.6 is 11.3 Å². The van der Waals surface area contributed by atoms with Crippen LogP contribution < -0.4 is 10.2 Å². The molecule has 198 valence electrons. The SMILES string of the molecule is CC(C)C1CCN(c2cnc(Nc3cc4c(cn3)sc(C(=O)N(C)C)c4[C@H]3CC[C@H](C)CC3)nc2)CC1. The topological polar surface area (TPSA) is 74.2 Å². The Kier molecular flexibility index (Phi) is 7.65. The number of pyridine rings is 1. The molecule has 1 aliphatic heterocycles. The summed E-state index contributed by atoms with van der Waals surface area (Å²) in [7, 11) is 3.66. The number of nitrogens with zero attached hydrogens (tertiary/aromatic N) is 5. The van der Waals surface area contributed by atoms with E-state index >= 15 is 0 Å². The van der Waals surface area contributed by atoms with E-state index in [0.717, 1.165) is 64.3 Å². The van der Waals surface area contributed by atoms with E-state index in [1.54, 1.807) is 16.2 Å². The number of aromatic nitrogens is 3. The second kappa shape index (κ2) is 10.9. The lowest BCUT2D eigenvalue weighted by Crippen LogP contribution is -2.35. The number of piperidine rings is 1. The maximum atomic E-state index is 13.1. The van der Waals surface area contributed by atoms with Crippen molar-refractivity contribution in [3.8, 4) is 0 Å². The van der Waals surface area contributed by atoms with E-state index in [2.05, 4.69) is 52.0 Å². The van der Waals surface area contributed by atoms with Gasteiger partial charge in [-0.2, -0.15) is 0 Å². The number of carbonyl (C=O) groups excluding carboxylic acids is 1. The molecule has 8 heteroatoms. The van der Waals surface area contributed by atoms with Crippen molar-refractivity contribution in [2.75, 3.05) is 37.4 Å². The first-order valence-corrected chi connectivity index (χ1v) is 14.6. The Morgan fingerprint density at radius 3 is 2.32 bits per heavy atom. The number of carbonyl (C=O) groups is 1. The number of hydrogen-bond acceptors (Lipinski definition) is 7. The minimum Gasteiger partial charge on any atom is -0.369 e. The van der Waals surface area contributed by atoms with Crippen LogP contribution in [0.5, 0.6) is 0 Å². The fourth-order valence-electron chi connectivity index (χ4n) is 5.89. The second-order valence-electron chi connectivity index (χ2n) is 11.5. The third-order valence-corrected chi connectivity index (χ3v) is 9.51. The van der Waals surface area contributed by atoms with Crippen LogP contribution in [0.4, 0.5) is 17.5 Å². The molecule has 0 aromatic carbocycles. The van der Waals surface area contributed by atoms with Crippen LogP contribution in [-0.2, 0) is 0 Å². The van der Waals surface area contributed by atoms with Crippen LogP contribution in [0, 0.1) is 17.8 Å². The molecule has 2 fully saturated rings. The normalized spacial score (nSPS) is 21.0. The molecule has 1 amide bonds. The van der Waals surface area contributed by atoms with E-state index in [0.29, 0.717) is 17.7 Å². The Morgan fingerprint density at radius 2 is 1.70 bits per heavy atom. The van der Waals surface area contributed by atoms with Gasteiger partial charge in [0.1, 0.15) is 5.82 Å². The van der Waals surface area contributed by atoms with Crippen LogP contribution in [0.15, 0.2) is 24.7 Å². The molecule has 4 heterocycles. The van der Waals surface area contributed by atoms with Gasteiger partial charge in [-0.1, -0.05) is 33.6 Å². The van der Waals surface area contributed by atoms with Crippen molar-refractivity contribution in [1.29, 1.82) is 0 Å². The van der Waals surface area contributed by atoms with Crippen molar-refractivity contribution in [3.63, 3.8) is 0 Å². The van der Waals surface area contributed by atoms with Crippen LogP contribution in [0.3, 0.4) is 0 Å². The van der Waals surface area contributed by atoms with Gasteiger partial charge in [-0.25, -0.2) is 15.0 Å². The zero-order valence-corrected chi connectivity index (χ0v) is 23.6. The predicted octanol–water partition coefficient (Wildman–Crippen LogP) is 6.70. The molecule has 37 heavy (non-hydrogen) atoms. The molecule has 0 spiro atoms. The highest BCUT2D eigenvalue weighted by Gasteiger charge is 2.29. The number of hydrogen-bond donors (Lipinski definition) is 1. The van der Waals surface area contributed by atoms with Crippen LogP contribution in [0.25, 0.3) is 10.1 Å². The van der Waals surface area contributed by atoms with Gasteiger partial charge in [-0.3, -0.25) is 4.79 Å². The average molecular weight is 521 g/mol. The summed E-state index contributed by atoms with van der Waals surface area (Å²) >= 11 is 1.57. The first-order valence-electron chi connectivity index (χ1n) is 13.8. The summed E-state index contributed by atoms with van der Waals surface area (Å²) in [6, 6.07) is 2.08. The predicted molar refractivity (Wildman–Crippen MR) is 153 cm³/mol. The lowest BCUT2D eigenvalue weighted by Gasteiger charge is -2.34. The summed E-state index contributed by atoms with van der Waals surface area (Å²) in [5, 5.41) is 4.44. The smallest absolute Gasteiger partial charge is 0.263 e. The van der Waals surface area contributed by atoms with Gasteiger partial charge in [0.25, 0.3) is 5.91 Å². The lowest BCUT2D eigenvalue weighted by atomic mass is 9.78. The van der Waals surface area contributed by atoms with Gasteiger partial charge >= 0.3 is 0 Å². The van der Waals surface area contributed by atoms with Gasteiger partial charge in [0.05, 0.1) is 27.7 Å². The van der Waals surface area contributed by atoms with E-state index in [1.165, 1.54) is 31.2 Å². The van der Waals surface area contributed by atoms with Crippen molar-refractivity contribution in [1.82, 2.24) is 19.9 Å². The van der Waals surface area contributed by atoms with Crippen molar-refractivity contribution >= 4 is 44.8 Å². The molecule has 7 nitrogen and oxygen atoms in total. The fraction of sp³-hybridized carbons (Fsp3) is 0.586. The van der Waals surface area contributed by atoms with Crippen molar-refractivity contribution in [2.24, 2.45) is 17.8 Å². The molecule has 2 aliphatic rings. The Hall–Kier alpha value is -2.74. The molecule has 5 rings (SSSR count). The zero-order chi connectivity index (χ0) is 26.1.